The van der Waals surface area contributed by atoms with E-state index in [1.165, 1.54) is 0 Å². The molecule has 4 aromatic carbocycles. The molecule has 39 heavy (non-hydrogen) atoms. The van der Waals surface area contributed by atoms with Crippen molar-refractivity contribution >= 4 is 28.3 Å². The maximum absolute atomic E-state index is 14.6. The van der Waals surface area contributed by atoms with Gasteiger partial charge in [-0.05, 0) is 61.0 Å². The molecule has 1 aliphatic heterocycles. The Morgan fingerprint density at radius 1 is 0.897 bits per heavy atom. The Hall–Kier alpha value is -3.78. The number of carbonyl (C=O) groups excluding carboxylic acids is 1. The molecule has 4 atom stereocenters. The van der Waals surface area contributed by atoms with E-state index in [1.807, 2.05) is 120 Å². The molecule has 7 heteroatoms. The molecule has 0 spiro atoms. The average Bonchev–Trinajstić information content (AvgIpc) is 3.38. The van der Waals surface area contributed by atoms with E-state index in [9.17, 15) is 14.1 Å². The molecule has 6 nitrogen and oxygen atoms in total. The lowest BCUT2D eigenvalue weighted by atomic mass is 9.85. The van der Waals surface area contributed by atoms with E-state index in [-0.39, 0.29) is 12.5 Å². The summed E-state index contributed by atoms with van der Waals surface area (Å²) < 4.78 is 21.2. The molecule has 1 fully saturated rings. The Labute approximate surface area is 232 Å². The fraction of sp³-hybridized carbons (Fsp3) is 0.219. The van der Waals surface area contributed by atoms with Crippen LogP contribution in [-0.2, 0) is 15.8 Å². The normalized spacial score (nSPS) is 19.9. The molecule has 1 heterocycles. The highest BCUT2D eigenvalue weighted by atomic mass is 32.2. The fourth-order valence-electron chi connectivity index (χ4n) is 5.25. The van der Waals surface area contributed by atoms with Gasteiger partial charge >= 0.3 is 0 Å². The molecule has 1 amide bonds. The van der Waals surface area contributed by atoms with Crippen LogP contribution in [0, 0.1) is 18.8 Å². The second-order valence-electron chi connectivity index (χ2n) is 9.69. The predicted octanol–water partition coefficient (Wildman–Crippen LogP) is 5.67. The zero-order valence-electron chi connectivity index (χ0n) is 22.0. The van der Waals surface area contributed by atoms with Gasteiger partial charge in [0, 0.05) is 30.4 Å². The summed E-state index contributed by atoms with van der Waals surface area (Å²) in [4.78, 5) is 17.0. The first-order valence-corrected chi connectivity index (χ1v) is 14.1. The van der Waals surface area contributed by atoms with E-state index in [0.717, 1.165) is 22.5 Å². The maximum atomic E-state index is 14.6. The summed E-state index contributed by atoms with van der Waals surface area (Å²) in [5.41, 5.74) is 3.38. The number of para-hydroxylation sites is 2. The van der Waals surface area contributed by atoms with Gasteiger partial charge in [-0.1, -0.05) is 66.2 Å². The first kappa shape index (κ1) is 26.8. The zero-order valence-corrected chi connectivity index (χ0v) is 22.8. The van der Waals surface area contributed by atoms with Crippen LogP contribution in [-0.4, -0.2) is 39.8 Å². The number of amides is 1. The third-order valence-electron chi connectivity index (χ3n) is 7.23. The molecule has 1 N–H and O–H groups in total. The summed E-state index contributed by atoms with van der Waals surface area (Å²) in [6, 6.07) is 33.6. The van der Waals surface area contributed by atoms with E-state index < -0.39 is 28.9 Å². The summed E-state index contributed by atoms with van der Waals surface area (Å²) in [6.07, 6.45) is 0. The van der Waals surface area contributed by atoms with Gasteiger partial charge in [0.2, 0.25) is 5.91 Å². The highest BCUT2D eigenvalue weighted by Crippen LogP contribution is 2.45. The summed E-state index contributed by atoms with van der Waals surface area (Å²) in [6.45, 7) is 2.09. The van der Waals surface area contributed by atoms with Crippen LogP contribution in [0.15, 0.2) is 114 Å². The Kier molecular flexibility index (Phi) is 8.21. The van der Waals surface area contributed by atoms with E-state index in [2.05, 4.69) is 0 Å². The zero-order chi connectivity index (χ0) is 27.4. The Balaban J connectivity index is 1.62. The van der Waals surface area contributed by atoms with Crippen molar-refractivity contribution < 1.29 is 18.8 Å². The minimum Gasteiger partial charge on any atom is -0.497 e. The van der Waals surface area contributed by atoms with Crippen LogP contribution in [0.25, 0.3) is 0 Å². The molecule has 5 rings (SSSR count). The monoisotopic (exact) mass is 540 g/mol. The van der Waals surface area contributed by atoms with Crippen LogP contribution < -0.4 is 9.64 Å². The van der Waals surface area contributed by atoms with Gasteiger partial charge in [-0.15, -0.1) is 0 Å². The Morgan fingerprint density at radius 2 is 1.46 bits per heavy atom. The molecule has 0 aromatic heterocycles. The van der Waals surface area contributed by atoms with Crippen LogP contribution in [0.4, 0.5) is 11.4 Å². The predicted molar refractivity (Wildman–Crippen MR) is 154 cm³/mol. The van der Waals surface area contributed by atoms with Crippen LogP contribution in [0.3, 0.4) is 0 Å². The van der Waals surface area contributed by atoms with E-state index in [1.54, 1.807) is 12.0 Å². The SMILES string of the molecule is COc1ccc([C@@H]2[C@@H](C(=O)N(c3ccccc3)c3ccccc3)[C@@H](CO)CN2[S@](=O)c2ccc(C)cc2)cc1. The molecule has 4 aromatic rings. The highest BCUT2D eigenvalue weighted by Gasteiger charge is 2.50. The number of hydrogen-bond donors (Lipinski definition) is 1. The number of rotatable bonds is 8. The van der Waals surface area contributed by atoms with Crippen LogP contribution in [0.5, 0.6) is 5.75 Å². The number of anilines is 2. The lowest BCUT2D eigenvalue weighted by Crippen LogP contribution is -2.39. The Morgan fingerprint density at radius 3 is 1.97 bits per heavy atom. The number of aryl methyl sites for hydroxylation is 1. The molecular formula is C32H32N2O4S. The van der Waals surface area contributed by atoms with Crippen molar-refractivity contribution in [1.82, 2.24) is 4.31 Å². The van der Waals surface area contributed by atoms with Crippen LogP contribution >= 0.6 is 0 Å². The number of nitrogens with zero attached hydrogens (tertiary/aromatic N) is 2. The number of aliphatic hydroxyl groups is 1. The van der Waals surface area contributed by atoms with Crippen molar-refractivity contribution in [2.75, 3.05) is 25.2 Å². The van der Waals surface area contributed by atoms with Crippen molar-refractivity contribution in [2.24, 2.45) is 11.8 Å². The molecule has 1 aliphatic rings. The van der Waals surface area contributed by atoms with Gasteiger partial charge in [0.05, 0.1) is 24.0 Å². The van der Waals surface area contributed by atoms with Gasteiger partial charge in [-0.2, -0.15) is 0 Å². The highest BCUT2D eigenvalue weighted by molar-refractivity contribution is 7.82. The number of hydrogen-bond acceptors (Lipinski definition) is 4. The van der Waals surface area contributed by atoms with Gasteiger partial charge in [-0.3, -0.25) is 9.69 Å². The van der Waals surface area contributed by atoms with Crippen molar-refractivity contribution in [3.05, 3.63) is 120 Å². The molecule has 0 saturated carbocycles. The third kappa shape index (κ3) is 5.52. The summed E-state index contributed by atoms with van der Waals surface area (Å²) in [7, 11) is 0.0600. The van der Waals surface area contributed by atoms with Crippen LogP contribution in [0.1, 0.15) is 17.2 Å². The molecular weight excluding hydrogens is 508 g/mol. The number of carbonyl (C=O) groups is 1. The average molecular weight is 541 g/mol. The molecule has 0 radical (unpaired) electrons. The lowest BCUT2D eigenvalue weighted by molar-refractivity contribution is -0.123. The van der Waals surface area contributed by atoms with Crippen LogP contribution in [0.2, 0.25) is 0 Å². The van der Waals surface area contributed by atoms with Gasteiger partial charge in [-0.25, -0.2) is 8.51 Å². The summed E-state index contributed by atoms with van der Waals surface area (Å²) in [5.74, 6) is -0.539. The third-order valence-corrected chi connectivity index (χ3v) is 8.71. The summed E-state index contributed by atoms with van der Waals surface area (Å²) >= 11 is 0. The fourth-order valence-corrected chi connectivity index (χ4v) is 6.67. The number of methoxy groups -OCH3 is 1. The van der Waals surface area contributed by atoms with E-state index in [0.29, 0.717) is 17.2 Å². The quantitative estimate of drug-likeness (QED) is 0.313. The molecule has 1 saturated heterocycles. The number of benzene rings is 4. The van der Waals surface area contributed by atoms with E-state index in [4.69, 9.17) is 4.74 Å². The minimum absolute atomic E-state index is 0.157. The van der Waals surface area contributed by atoms with Gasteiger partial charge in [0.1, 0.15) is 16.7 Å². The number of ether oxygens (including phenoxy) is 1. The molecule has 200 valence electrons. The van der Waals surface area contributed by atoms with Gasteiger partial charge in [0.15, 0.2) is 0 Å². The second kappa shape index (κ2) is 11.9. The minimum atomic E-state index is -1.55. The lowest BCUT2D eigenvalue weighted by Gasteiger charge is -2.32. The maximum Gasteiger partial charge on any atom is 0.237 e. The standard InChI is InChI=1S/C32H32N2O4S/c1-23-13-19-29(20-14-23)39(37)33-21-25(22-35)30(31(33)24-15-17-28(38-2)18-16-24)32(36)34(26-9-5-3-6-10-26)27-11-7-4-8-12-27/h3-20,25,30-31,35H,21-22H2,1-2H3/t25-,30+,31-,39-/m1/s1. The Bertz CT molecular complexity index is 1370. The van der Waals surface area contributed by atoms with Crippen molar-refractivity contribution in [2.45, 2.75) is 17.9 Å². The van der Waals surface area contributed by atoms with Crippen molar-refractivity contribution in [1.29, 1.82) is 0 Å². The molecule has 0 unspecified atom stereocenters. The van der Waals surface area contributed by atoms with E-state index >= 15 is 0 Å². The second-order valence-corrected chi connectivity index (χ2v) is 11.1. The smallest absolute Gasteiger partial charge is 0.237 e. The van der Waals surface area contributed by atoms with Crippen molar-refractivity contribution in [3.8, 4) is 5.75 Å². The molecule has 0 bridgehead atoms. The molecule has 0 aliphatic carbocycles. The topological polar surface area (TPSA) is 70.1 Å². The first-order valence-electron chi connectivity index (χ1n) is 13.0. The van der Waals surface area contributed by atoms with Crippen molar-refractivity contribution in [3.63, 3.8) is 0 Å². The largest absolute Gasteiger partial charge is 0.497 e. The first-order chi connectivity index (χ1) is 19.0. The van der Waals surface area contributed by atoms with Gasteiger partial charge in [0.25, 0.3) is 0 Å². The number of aliphatic hydroxyl groups excluding tert-OH is 1. The summed E-state index contributed by atoms with van der Waals surface area (Å²) in [5, 5.41) is 10.5. The van der Waals surface area contributed by atoms with Gasteiger partial charge < -0.3 is 9.84 Å².